The minimum absolute atomic E-state index is 0.676. The highest BCUT2D eigenvalue weighted by molar-refractivity contribution is 7.25. The van der Waals surface area contributed by atoms with Crippen molar-refractivity contribution < 1.29 is 4.42 Å². The Labute approximate surface area is 315 Å². The fourth-order valence-electron chi connectivity index (χ4n) is 8.11. The van der Waals surface area contributed by atoms with Gasteiger partial charge in [0.2, 0.25) is 5.89 Å². The minimum Gasteiger partial charge on any atom is -0.435 e. The summed E-state index contributed by atoms with van der Waals surface area (Å²) < 4.78 is 6.09. The van der Waals surface area contributed by atoms with E-state index in [4.69, 9.17) is 9.40 Å². The lowest BCUT2D eigenvalue weighted by molar-refractivity contribution is 0.621. The third kappa shape index (κ3) is 5.17. The van der Waals surface area contributed by atoms with Crippen LogP contribution in [0.3, 0.4) is 0 Å². The lowest BCUT2D eigenvalue weighted by atomic mass is 9.79. The molecule has 3 aromatic heterocycles. The van der Waals surface area contributed by atoms with Gasteiger partial charge in [0.25, 0.3) is 0 Å². The zero-order chi connectivity index (χ0) is 34.9. The van der Waals surface area contributed by atoms with Crippen molar-refractivity contribution in [3.8, 4) is 53.2 Å². The molecule has 4 heteroatoms. The zero-order valence-electron chi connectivity index (χ0n) is 28.7. The largest absolute Gasteiger partial charge is 0.435 e. The summed E-state index contributed by atoms with van der Waals surface area (Å²) in [7, 11) is 0. The van der Waals surface area contributed by atoms with Crippen molar-refractivity contribution in [2.45, 2.75) is 12.8 Å². The maximum absolute atomic E-state index is 6.09. The molecule has 0 amide bonds. The lowest BCUT2D eigenvalue weighted by Crippen LogP contribution is -2.02. The van der Waals surface area contributed by atoms with Crippen LogP contribution in [0.15, 0.2) is 162 Å². The molecule has 7 aromatic carbocycles. The normalized spacial score (nSPS) is 12.7. The fourth-order valence-corrected chi connectivity index (χ4v) is 10.1. The van der Waals surface area contributed by atoms with Crippen LogP contribution in [0.4, 0.5) is 0 Å². The van der Waals surface area contributed by atoms with E-state index in [1.54, 1.807) is 11.3 Å². The molecule has 0 unspecified atom stereocenters. The summed E-state index contributed by atoms with van der Waals surface area (Å²) in [5.74, 6) is 0.676. The Bertz CT molecular complexity index is 3050. The first-order valence-electron chi connectivity index (χ1n) is 18.1. The zero-order valence-corrected chi connectivity index (χ0v) is 30.3. The maximum Gasteiger partial charge on any atom is 0.237 e. The van der Waals surface area contributed by atoms with Crippen LogP contribution in [0.1, 0.15) is 17.5 Å². The Kier molecular flexibility index (Phi) is 7.07. The molecule has 0 saturated heterocycles. The molecule has 1 aliphatic rings. The Hall–Kier alpha value is -6.07. The van der Waals surface area contributed by atoms with E-state index < -0.39 is 0 Å². The molecule has 0 aliphatic heterocycles. The maximum atomic E-state index is 6.09. The van der Waals surface area contributed by atoms with Crippen LogP contribution in [0, 0.1) is 0 Å². The summed E-state index contributed by atoms with van der Waals surface area (Å²) in [4.78, 5) is 9.49. The van der Waals surface area contributed by atoms with E-state index in [0.717, 1.165) is 28.8 Å². The molecule has 2 nitrogen and oxygen atoms in total. The molecule has 3 heterocycles. The molecule has 11 rings (SSSR count). The smallest absolute Gasteiger partial charge is 0.237 e. The molecule has 0 atom stereocenters. The van der Waals surface area contributed by atoms with E-state index in [1.165, 1.54) is 85.9 Å². The van der Waals surface area contributed by atoms with E-state index >= 15 is 0 Å². The van der Waals surface area contributed by atoms with E-state index in [-0.39, 0.29) is 0 Å². The van der Waals surface area contributed by atoms with Crippen LogP contribution < -0.4 is 0 Å². The molecule has 0 saturated carbocycles. The van der Waals surface area contributed by atoms with Gasteiger partial charge in [-0.2, -0.15) is 0 Å². The number of para-hydroxylation sites is 2. The van der Waals surface area contributed by atoms with Gasteiger partial charge < -0.3 is 4.42 Å². The molecule has 0 N–H and O–H groups in total. The average molecular weight is 714 g/mol. The van der Waals surface area contributed by atoms with Gasteiger partial charge in [0.1, 0.15) is 5.52 Å². The van der Waals surface area contributed by atoms with Crippen molar-refractivity contribution in [1.82, 2.24) is 4.98 Å². The van der Waals surface area contributed by atoms with E-state index in [9.17, 15) is 0 Å². The monoisotopic (exact) mass is 713 g/mol. The third-order valence-corrected chi connectivity index (χ3v) is 13.0. The van der Waals surface area contributed by atoms with Gasteiger partial charge in [-0.3, -0.25) is 0 Å². The molecule has 250 valence electrons. The van der Waals surface area contributed by atoms with E-state index in [0.29, 0.717) is 5.89 Å². The molecule has 53 heavy (non-hydrogen) atoms. The summed E-state index contributed by atoms with van der Waals surface area (Å²) in [5, 5.41) is 7.65. The van der Waals surface area contributed by atoms with Gasteiger partial charge >= 0.3 is 0 Å². The van der Waals surface area contributed by atoms with Crippen LogP contribution in [0.25, 0.3) is 103 Å². The first-order valence-corrected chi connectivity index (χ1v) is 19.7. The molecule has 0 spiro atoms. The Morgan fingerprint density at radius 3 is 1.87 bits per heavy atom. The fraction of sp³-hybridized carbons (Fsp3) is 0.0408. The van der Waals surface area contributed by atoms with Gasteiger partial charge in [-0.1, -0.05) is 109 Å². The molecule has 10 aromatic rings. The van der Waals surface area contributed by atoms with Crippen LogP contribution in [0.2, 0.25) is 0 Å². The number of fused-ring (bicyclic) bond motifs is 5. The van der Waals surface area contributed by atoms with Gasteiger partial charge in [0.05, 0.1) is 4.88 Å². The SMILES string of the molecule is C1=Cc2c(c(-c3ccc4ccccc4c3)c3ccc(-c4ccc(-c5ccc(-c6nc7ccccc7o6)s5)s4)cc3c2-c2ccc3ccccc3c2)CC1. The Balaban J connectivity index is 1.09. The molecular weight excluding hydrogens is 683 g/mol. The first kappa shape index (κ1) is 30.5. The average Bonchev–Trinajstić information content (AvgIpc) is 4.00. The van der Waals surface area contributed by atoms with Gasteiger partial charge in [-0.25, -0.2) is 4.98 Å². The number of benzene rings is 7. The number of thiophene rings is 2. The number of allylic oxidation sites excluding steroid dienone is 1. The van der Waals surface area contributed by atoms with Crippen molar-refractivity contribution in [3.05, 3.63) is 169 Å². The number of oxazole rings is 1. The summed E-state index contributed by atoms with van der Waals surface area (Å²) in [6, 6.07) is 55.3. The van der Waals surface area contributed by atoms with Gasteiger partial charge in [-0.05, 0) is 139 Å². The van der Waals surface area contributed by atoms with Crippen molar-refractivity contribution in [3.63, 3.8) is 0 Å². The topological polar surface area (TPSA) is 26.0 Å². The molecular formula is C49H31NOS2. The van der Waals surface area contributed by atoms with E-state index in [1.807, 2.05) is 35.6 Å². The van der Waals surface area contributed by atoms with E-state index in [2.05, 4.69) is 140 Å². The second-order valence-electron chi connectivity index (χ2n) is 13.8. The van der Waals surface area contributed by atoms with Crippen molar-refractivity contribution in [2.75, 3.05) is 0 Å². The highest BCUT2D eigenvalue weighted by Gasteiger charge is 2.23. The summed E-state index contributed by atoms with van der Waals surface area (Å²) >= 11 is 3.57. The van der Waals surface area contributed by atoms with Crippen molar-refractivity contribution in [2.24, 2.45) is 0 Å². The second kappa shape index (κ2) is 12.3. The Morgan fingerprint density at radius 1 is 0.491 bits per heavy atom. The number of rotatable bonds is 5. The quantitative estimate of drug-likeness (QED) is 0.177. The summed E-state index contributed by atoms with van der Waals surface area (Å²) in [6.07, 6.45) is 6.80. The summed E-state index contributed by atoms with van der Waals surface area (Å²) in [6.45, 7) is 0. The summed E-state index contributed by atoms with van der Waals surface area (Å²) in [5.41, 5.74) is 10.9. The highest BCUT2D eigenvalue weighted by atomic mass is 32.1. The Morgan fingerprint density at radius 2 is 1.11 bits per heavy atom. The second-order valence-corrected chi connectivity index (χ2v) is 15.9. The van der Waals surface area contributed by atoms with Crippen LogP contribution in [0.5, 0.6) is 0 Å². The highest BCUT2D eigenvalue weighted by Crippen LogP contribution is 2.48. The van der Waals surface area contributed by atoms with Crippen LogP contribution >= 0.6 is 22.7 Å². The van der Waals surface area contributed by atoms with Gasteiger partial charge in [0, 0.05) is 14.6 Å². The molecule has 0 radical (unpaired) electrons. The van der Waals surface area contributed by atoms with Gasteiger partial charge in [0.15, 0.2) is 5.58 Å². The third-order valence-electron chi connectivity index (χ3n) is 10.6. The minimum atomic E-state index is 0.676. The number of hydrogen-bond donors (Lipinski definition) is 0. The molecule has 1 aliphatic carbocycles. The number of nitrogens with zero attached hydrogens (tertiary/aromatic N) is 1. The van der Waals surface area contributed by atoms with Crippen LogP contribution in [-0.2, 0) is 6.42 Å². The van der Waals surface area contributed by atoms with Crippen LogP contribution in [-0.4, -0.2) is 4.98 Å². The first-order chi connectivity index (χ1) is 26.2. The molecule has 0 bridgehead atoms. The predicted molar refractivity (Wildman–Crippen MR) is 227 cm³/mol. The number of hydrogen-bond acceptors (Lipinski definition) is 4. The van der Waals surface area contributed by atoms with Crippen molar-refractivity contribution in [1.29, 1.82) is 0 Å². The predicted octanol–water partition coefficient (Wildman–Crippen LogP) is 14.7. The standard InChI is InChI=1S/C49H31NOS2/c1-3-11-32-27-35(19-17-30(32)9-1)47-37-13-5-6-14-38(37)48(36-20-18-31-10-2-4-12-33(31)28-36)40-29-34(21-22-39(40)47)43-23-24-44(52-43)45-25-26-46(53-45)49-50-41-15-7-8-16-42(41)51-49/h1-4,6-12,14-29H,5,13H2. The molecule has 0 fully saturated rings. The number of aromatic nitrogens is 1. The lowest BCUT2D eigenvalue weighted by Gasteiger charge is -2.24. The van der Waals surface area contributed by atoms with Gasteiger partial charge in [-0.15, -0.1) is 22.7 Å². The van der Waals surface area contributed by atoms with Crippen molar-refractivity contribution >= 4 is 72.2 Å².